The van der Waals surface area contributed by atoms with Gasteiger partial charge in [0, 0.05) is 11.4 Å². The van der Waals surface area contributed by atoms with Crippen molar-refractivity contribution in [2.75, 3.05) is 11.1 Å². The van der Waals surface area contributed by atoms with Crippen molar-refractivity contribution in [3.05, 3.63) is 53.9 Å². The van der Waals surface area contributed by atoms with Crippen LogP contribution in [0.2, 0.25) is 0 Å². The molecule has 0 spiro atoms. The summed E-state index contributed by atoms with van der Waals surface area (Å²) in [4.78, 5) is 16.2. The van der Waals surface area contributed by atoms with Crippen LogP contribution in [0.1, 0.15) is 24.6 Å². The lowest BCUT2D eigenvalue weighted by Gasteiger charge is -2.10. The highest BCUT2D eigenvalue weighted by Crippen LogP contribution is 2.17. The molecule has 0 aliphatic rings. The smallest absolute Gasteiger partial charge is 0.230 e. The number of anilines is 2. The van der Waals surface area contributed by atoms with Crippen LogP contribution in [0.5, 0.6) is 0 Å². The fourth-order valence-electron chi connectivity index (χ4n) is 2.03. The highest BCUT2D eigenvalue weighted by molar-refractivity contribution is 5.92. The predicted molar refractivity (Wildman–Crippen MR) is 81.4 cm³/mol. The van der Waals surface area contributed by atoms with Crippen molar-refractivity contribution in [1.29, 1.82) is 0 Å². The number of pyridine rings is 1. The van der Waals surface area contributed by atoms with Gasteiger partial charge in [0.15, 0.2) is 0 Å². The van der Waals surface area contributed by atoms with Crippen molar-refractivity contribution >= 4 is 17.3 Å². The number of nitrogens with one attached hydrogen (secondary N) is 1. The number of hydrogen-bond donors (Lipinski definition) is 2. The van der Waals surface area contributed by atoms with Crippen LogP contribution in [-0.2, 0) is 17.6 Å². The van der Waals surface area contributed by atoms with Crippen molar-refractivity contribution < 1.29 is 4.79 Å². The monoisotopic (exact) mass is 269 g/mol. The molecule has 0 fully saturated rings. The molecule has 0 aliphatic heterocycles. The maximum atomic E-state index is 12.0. The van der Waals surface area contributed by atoms with Crippen LogP contribution >= 0.6 is 0 Å². The van der Waals surface area contributed by atoms with Crippen molar-refractivity contribution in [3.63, 3.8) is 0 Å². The zero-order valence-electron chi connectivity index (χ0n) is 11.6. The maximum absolute atomic E-state index is 12.0. The third-order valence-electron chi connectivity index (χ3n) is 3.00. The number of amides is 1. The van der Waals surface area contributed by atoms with Crippen LogP contribution in [0.3, 0.4) is 0 Å². The standard InChI is InChI=1S/C16H19N3O/c1-2-5-12-6-3-4-7-15(12)19-16(20)10-14-9-8-13(17)11-18-14/h3-4,6-9,11H,2,5,10,17H2,1H3,(H,19,20). The summed E-state index contributed by atoms with van der Waals surface area (Å²) in [6.45, 7) is 2.12. The van der Waals surface area contributed by atoms with Crippen molar-refractivity contribution in [2.24, 2.45) is 0 Å². The average Bonchev–Trinajstić information content (AvgIpc) is 2.44. The van der Waals surface area contributed by atoms with Gasteiger partial charge >= 0.3 is 0 Å². The van der Waals surface area contributed by atoms with Gasteiger partial charge in [0.25, 0.3) is 0 Å². The van der Waals surface area contributed by atoms with Gasteiger partial charge in [-0.3, -0.25) is 9.78 Å². The molecule has 0 saturated heterocycles. The second kappa shape index (κ2) is 6.70. The lowest BCUT2D eigenvalue weighted by atomic mass is 10.1. The Labute approximate surface area is 119 Å². The average molecular weight is 269 g/mol. The zero-order valence-corrected chi connectivity index (χ0v) is 11.6. The number of hydrogen-bond acceptors (Lipinski definition) is 3. The van der Waals surface area contributed by atoms with Crippen LogP contribution in [0.4, 0.5) is 11.4 Å². The number of nitrogens with zero attached hydrogens (tertiary/aromatic N) is 1. The second-order valence-corrected chi connectivity index (χ2v) is 4.71. The molecule has 1 aromatic carbocycles. The molecular formula is C16H19N3O. The molecule has 1 heterocycles. The van der Waals surface area contributed by atoms with E-state index < -0.39 is 0 Å². The Hall–Kier alpha value is -2.36. The predicted octanol–water partition coefficient (Wildman–Crippen LogP) is 2.80. The fourth-order valence-corrected chi connectivity index (χ4v) is 2.03. The Kier molecular flexibility index (Phi) is 4.71. The first-order chi connectivity index (χ1) is 9.69. The summed E-state index contributed by atoms with van der Waals surface area (Å²) < 4.78 is 0. The minimum atomic E-state index is -0.0641. The SMILES string of the molecule is CCCc1ccccc1NC(=O)Cc1ccc(N)cn1. The normalized spacial score (nSPS) is 10.2. The van der Waals surface area contributed by atoms with Crippen LogP contribution in [0.15, 0.2) is 42.6 Å². The van der Waals surface area contributed by atoms with Gasteiger partial charge in [-0.2, -0.15) is 0 Å². The number of benzene rings is 1. The highest BCUT2D eigenvalue weighted by atomic mass is 16.1. The summed E-state index contributed by atoms with van der Waals surface area (Å²) in [5.74, 6) is -0.0641. The van der Waals surface area contributed by atoms with Gasteiger partial charge < -0.3 is 11.1 Å². The second-order valence-electron chi connectivity index (χ2n) is 4.71. The van der Waals surface area contributed by atoms with E-state index in [1.54, 1.807) is 18.3 Å². The molecule has 0 saturated carbocycles. The van der Waals surface area contributed by atoms with Gasteiger partial charge in [-0.05, 0) is 30.2 Å². The minimum absolute atomic E-state index is 0.0641. The third-order valence-corrected chi connectivity index (χ3v) is 3.00. The Morgan fingerprint density at radius 2 is 2.05 bits per heavy atom. The van der Waals surface area contributed by atoms with Gasteiger partial charge in [0.05, 0.1) is 18.3 Å². The summed E-state index contributed by atoms with van der Waals surface area (Å²) in [7, 11) is 0. The molecule has 0 aliphatic carbocycles. The van der Waals surface area contributed by atoms with Crippen LogP contribution in [0, 0.1) is 0 Å². The number of rotatable bonds is 5. The van der Waals surface area contributed by atoms with Gasteiger partial charge in [0.1, 0.15) is 0 Å². The number of aryl methyl sites for hydroxylation is 1. The van der Waals surface area contributed by atoms with E-state index in [0.29, 0.717) is 11.4 Å². The van der Waals surface area contributed by atoms with Crippen LogP contribution in [-0.4, -0.2) is 10.9 Å². The fraction of sp³-hybridized carbons (Fsp3) is 0.250. The first-order valence-electron chi connectivity index (χ1n) is 6.77. The van der Waals surface area contributed by atoms with E-state index in [1.807, 2.05) is 24.3 Å². The minimum Gasteiger partial charge on any atom is -0.397 e. The summed E-state index contributed by atoms with van der Waals surface area (Å²) in [6, 6.07) is 11.4. The number of carbonyl (C=O) groups is 1. The van der Waals surface area contributed by atoms with E-state index in [4.69, 9.17) is 5.73 Å². The zero-order chi connectivity index (χ0) is 14.4. The van der Waals surface area contributed by atoms with Gasteiger partial charge in [-0.15, -0.1) is 0 Å². The molecule has 104 valence electrons. The molecule has 2 aromatic rings. The topological polar surface area (TPSA) is 68.0 Å². The Morgan fingerprint density at radius 1 is 1.25 bits per heavy atom. The molecule has 0 radical (unpaired) electrons. The summed E-state index contributed by atoms with van der Waals surface area (Å²) in [6.07, 6.45) is 3.82. The van der Waals surface area contributed by atoms with Gasteiger partial charge in [0.2, 0.25) is 5.91 Å². The van der Waals surface area contributed by atoms with E-state index in [0.717, 1.165) is 24.1 Å². The maximum Gasteiger partial charge on any atom is 0.230 e. The third kappa shape index (κ3) is 3.82. The molecule has 1 aromatic heterocycles. The summed E-state index contributed by atoms with van der Waals surface area (Å²) in [5.41, 5.74) is 8.93. The number of nitrogens with two attached hydrogens (primary N) is 1. The Morgan fingerprint density at radius 3 is 2.75 bits per heavy atom. The lowest BCUT2D eigenvalue weighted by Crippen LogP contribution is -2.16. The van der Waals surface area contributed by atoms with E-state index in [1.165, 1.54) is 0 Å². The molecular weight excluding hydrogens is 250 g/mol. The molecule has 4 heteroatoms. The molecule has 1 amide bonds. The lowest BCUT2D eigenvalue weighted by molar-refractivity contribution is -0.115. The molecule has 0 bridgehead atoms. The van der Waals surface area contributed by atoms with Gasteiger partial charge in [-0.25, -0.2) is 0 Å². The van der Waals surface area contributed by atoms with Crippen molar-refractivity contribution in [3.8, 4) is 0 Å². The van der Waals surface area contributed by atoms with E-state index in [9.17, 15) is 4.79 Å². The molecule has 3 N–H and O–H groups in total. The van der Waals surface area contributed by atoms with Crippen LogP contribution in [0.25, 0.3) is 0 Å². The number of aromatic nitrogens is 1. The van der Waals surface area contributed by atoms with Crippen molar-refractivity contribution in [1.82, 2.24) is 4.98 Å². The summed E-state index contributed by atoms with van der Waals surface area (Å²) >= 11 is 0. The van der Waals surface area contributed by atoms with E-state index in [2.05, 4.69) is 17.2 Å². The highest BCUT2D eigenvalue weighted by Gasteiger charge is 2.07. The molecule has 4 nitrogen and oxygen atoms in total. The number of nitrogen functional groups attached to an aromatic ring is 1. The molecule has 20 heavy (non-hydrogen) atoms. The quantitative estimate of drug-likeness (QED) is 0.877. The summed E-state index contributed by atoms with van der Waals surface area (Å²) in [5, 5.41) is 2.95. The molecule has 0 unspecified atom stereocenters. The first-order valence-corrected chi connectivity index (χ1v) is 6.77. The van der Waals surface area contributed by atoms with E-state index >= 15 is 0 Å². The van der Waals surface area contributed by atoms with Crippen LogP contribution < -0.4 is 11.1 Å². The largest absolute Gasteiger partial charge is 0.397 e. The Balaban J connectivity index is 2.02. The van der Waals surface area contributed by atoms with Gasteiger partial charge in [-0.1, -0.05) is 31.5 Å². The number of carbonyl (C=O) groups excluding carboxylic acids is 1. The molecule has 0 atom stereocenters. The Bertz CT molecular complexity index is 579. The first kappa shape index (κ1) is 14.1. The van der Waals surface area contributed by atoms with Crippen molar-refractivity contribution in [2.45, 2.75) is 26.2 Å². The van der Waals surface area contributed by atoms with E-state index in [-0.39, 0.29) is 12.3 Å². The number of para-hydroxylation sites is 1. The molecule has 2 rings (SSSR count).